The molecular weight excluding hydrogens is 581 g/mol. The lowest BCUT2D eigenvalue weighted by atomic mass is 10.0. The van der Waals surface area contributed by atoms with Crippen LogP contribution in [0.15, 0.2) is 171 Å². The summed E-state index contributed by atoms with van der Waals surface area (Å²) in [6.45, 7) is 7.80. The van der Waals surface area contributed by atoms with E-state index in [9.17, 15) is 0 Å². The second kappa shape index (κ2) is 11.2. The molecule has 0 aliphatic heterocycles. The van der Waals surface area contributed by atoms with E-state index in [0.29, 0.717) is 0 Å². The quantitative estimate of drug-likeness (QED) is 0.177. The monoisotopic (exact) mass is 612 g/mol. The first-order valence-corrected chi connectivity index (χ1v) is 16.3. The van der Waals surface area contributed by atoms with Crippen molar-refractivity contribution in [3.05, 3.63) is 182 Å². The number of para-hydroxylation sites is 2. The van der Waals surface area contributed by atoms with Gasteiger partial charge in [0.25, 0.3) is 0 Å². The van der Waals surface area contributed by atoms with Crippen molar-refractivity contribution < 1.29 is 0 Å². The normalized spacial score (nSPS) is 11.5. The van der Waals surface area contributed by atoms with Crippen LogP contribution in [0.4, 0.5) is 0 Å². The van der Waals surface area contributed by atoms with Gasteiger partial charge in [-0.3, -0.25) is 0 Å². The highest BCUT2D eigenvalue weighted by Gasteiger charge is 2.21. The SMILES string of the molecule is C=Cc1ccc(-c2ccc(-n3c4ccccc4c4ccc5c6ccccc6n(-c6ccc(-c7ccc(C=C)cc7)cc6)c5c43)cc2)cc1. The predicted molar refractivity (Wildman–Crippen MR) is 206 cm³/mol. The topological polar surface area (TPSA) is 9.86 Å². The minimum atomic E-state index is 1.12. The highest BCUT2D eigenvalue weighted by Crippen LogP contribution is 2.42. The van der Waals surface area contributed by atoms with E-state index in [1.54, 1.807) is 0 Å². The molecule has 0 saturated heterocycles. The lowest BCUT2D eigenvalue weighted by molar-refractivity contribution is 1.15. The summed E-state index contributed by atoms with van der Waals surface area (Å²) in [4.78, 5) is 0. The Kier molecular flexibility index (Phi) is 6.48. The zero-order valence-corrected chi connectivity index (χ0v) is 26.5. The lowest BCUT2D eigenvalue weighted by Gasteiger charge is -2.13. The molecule has 0 spiro atoms. The summed E-state index contributed by atoms with van der Waals surface area (Å²) in [5, 5.41) is 4.97. The smallest absolute Gasteiger partial charge is 0.0788 e. The number of rotatable bonds is 6. The molecule has 2 heteroatoms. The van der Waals surface area contributed by atoms with Crippen molar-refractivity contribution in [3.8, 4) is 33.6 Å². The van der Waals surface area contributed by atoms with E-state index in [-0.39, 0.29) is 0 Å². The first kappa shape index (κ1) is 27.9. The van der Waals surface area contributed by atoms with E-state index in [1.807, 2.05) is 12.2 Å². The average Bonchev–Trinajstić information content (AvgIpc) is 3.68. The third kappa shape index (κ3) is 4.35. The predicted octanol–water partition coefficient (Wildman–Crippen LogP) is 12.5. The number of hydrogen-bond acceptors (Lipinski definition) is 0. The maximum absolute atomic E-state index is 3.90. The van der Waals surface area contributed by atoms with E-state index < -0.39 is 0 Å². The summed E-state index contributed by atoms with van der Waals surface area (Å²) < 4.78 is 4.89. The van der Waals surface area contributed by atoms with Crippen LogP contribution in [0.1, 0.15) is 11.1 Å². The zero-order valence-electron chi connectivity index (χ0n) is 26.5. The zero-order chi connectivity index (χ0) is 32.2. The molecule has 7 aromatic carbocycles. The standard InChI is InChI=1S/C46H32N2/c1-3-31-13-17-33(18-14-31)35-21-25-37(26-22-35)47-43-11-7-5-9-39(43)41-29-30-42-40-10-6-8-12-44(40)48(46(42)45(41)47)38-27-23-36(24-28-38)34-19-15-32(4-2)16-20-34/h3-30H,1-2H2. The van der Waals surface area contributed by atoms with Gasteiger partial charge in [-0.2, -0.15) is 0 Å². The van der Waals surface area contributed by atoms with Gasteiger partial charge in [0.05, 0.1) is 22.1 Å². The Bertz CT molecular complexity index is 2460. The van der Waals surface area contributed by atoms with Crippen LogP contribution in [0.3, 0.4) is 0 Å². The fraction of sp³-hybridized carbons (Fsp3) is 0. The molecule has 0 N–H and O–H groups in total. The molecule has 226 valence electrons. The van der Waals surface area contributed by atoms with Gasteiger partial charge in [-0.25, -0.2) is 0 Å². The molecule has 0 saturated carbocycles. The van der Waals surface area contributed by atoms with E-state index in [0.717, 1.165) is 22.5 Å². The maximum Gasteiger partial charge on any atom is 0.0788 e. The summed E-state index contributed by atoms with van der Waals surface area (Å²) >= 11 is 0. The van der Waals surface area contributed by atoms with Crippen LogP contribution < -0.4 is 0 Å². The molecule has 2 heterocycles. The molecule has 0 aliphatic rings. The van der Waals surface area contributed by atoms with Crippen LogP contribution in [0.25, 0.3) is 89.4 Å². The maximum atomic E-state index is 3.90. The van der Waals surface area contributed by atoms with Crippen LogP contribution >= 0.6 is 0 Å². The fourth-order valence-electron chi connectivity index (χ4n) is 7.27. The number of fused-ring (bicyclic) bond motifs is 7. The number of hydrogen-bond donors (Lipinski definition) is 0. The Morgan fingerprint density at radius 2 is 0.667 bits per heavy atom. The van der Waals surface area contributed by atoms with Crippen molar-refractivity contribution in [2.45, 2.75) is 0 Å². The van der Waals surface area contributed by atoms with Crippen LogP contribution in [0, 0.1) is 0 Å². The average molecular weight is 613 g/mol. The Morgan fingerprint density at radius 3 is 1.02 bits per heavy atom. The second-order valence-electron chi connectivity index (χ2n) is 12.3. The molecule has 0 bridgehead atoms. The molecule has 0 fully saturated rings. The Morgan fingerprint density at radius 1 is 0.333 bits per heavy atom. The van der Waals surface area contributed by atoms with Gasteiger partial charge < -0.3 is 9.13 Å². The third-order valence-electron chi connectivity index (χ3n) is 9.68. The Balaban J connectivity index is 1.29. The highest BCUT2D eigenvalue weighted by molar-refractivity contribution is 6.23. The van der Waals surface area contributed by atoms with E-state index in [1.165, 1.54) is 65.9 Å². The molecule has 9 aromatic rings. The van der Waals surface area contributed by atoms with Gasteiger partial charge in [-0.05, 0) is 69.8 Å². The second-order valence-corrected chi connectivity index (χ2v) is 12.3. The van der Waals surface area contributed by atoms with E-state index in [2.05, 4.69) is 180 Å². The number of nitrogens with zero attached hydrogens (tertiary/aromatic N) is 2. The van der Waals surface area contributed by atoms with Crippen LogP contribution in [0.5, 0.6) is 0 Å². The lowest BCUT2D eigenvalue weighted by Crippen LogP contribution is -1.99. The van der Waals surface area contributed by atoms with Crippen molar-refractivity contribution in [1.82, 2.24) is 9.13 Å². The summed E-state index contributed by atoms with van der Waals surface area (Å²) in [5.74, 6) is 0. The Hall–Kier alpha value is -6.38. The minimum absolute atomic E-state index is 1.12. The van der Waals surface area contributed by atoms with E-state index in [4.69, 9.17) is 0 Å². The first-order valence-electron chi connectivity index (χ1n) is 16.3. The molecule has 9 rings (SSSR count). The molecule has 0 unspecified atom stereocenters. The Labute approximate surface area is 279 Å². The van der Waals surface area contributed by atoms with Crippen molar-refractivity contribution in [3.63, 3.8) is 0 Å². The highest BCUT2D eigenvalue weighted by atomic mass is 15.0. The first-order chi connectivity index (χ1) is 23.7. The van der Waals surface area contributed by atoms with Gasteiger partial charge in [-0.1, -0.05) is 147 Å². The van der Waals surface area contributed by atoms with Crippen LogP contribution in [-0.2, 0) is 0 Å². The molecular formula is C46H32N2. The van der Waals surface area contributed by atoms with E-state index >= 15 is 0 Å². The van der Waals surface area contributed by atoms with Gasteiger partial charge in [0.2, 0.25) is 0 Å². The molecule has 0 amide bonds. The number of aromatic nitrogens is 2. The van der Waals surface area contributed by atoms with Gasteiger partial charge in [0, 0.05) is 32.9 Å². The largest absolute Gasteiger partial charge is 0.307 e. The van der Waals surface area contributed by atoms with Crippen LogP contribution in [0.2, 0.25) is 0 Å². The van der Waals surface area contributed by atoms with Crippen molar-refractivity contribution in [2.75, 3.05) is 0 Å². The molecule has 0 aliphatic carbocycles. The summed E-state index contributed by atoms with van der Waals surface area (Å²) in [5.41, 5.74) is 14.1. The van der Waals surface area contributed by atoms with Crippen LogP contribution in [-0.4, -0.2) is 9.13 Å². The number of benzene rings is 7. The molecule has 48 heavy (non-hydrogen) atoms. The van der Waals surface area contributed by atoms with Gasteiger partial charge in [0.15, 0.2) is 0 Å². The molecule has 0 atom stereocenters. The summed E-state index contributed by atoms with van der Waals surface area (Å²) in [6, 6.07) is 57.2. The minimum Gasteiger partial charge on any atom is -0.307 e. The molecule has 2 aromatic heterocycles. The van der Waals surface area contributed by atoms with Gasteiger partial charge >= 0.3 is 0 Å². The summed E-state index contributed by atoms with van der Waals surface area (Å²) in [6.07, 6.45) is 3.76. The van der Waals surface area contributed by atoms with Crippen molar-refractivity contribution in [1.29, 1.82) is 0 Å². The summed E-state index contributed by atoms with van der Waals surface area (Å²) in [7, 11) is 0. The molecule has 2 nitrogen and oxygen atoms in total. The van der Waals surface area contributed by atoms with Gasteiger partial charge in [-0.15, -0.1) is 0 Å². The van der Waals surface area contributed by atoms with Gasteiger partial charge in [0.1, 0.15) is 0 Å². The third-order valence-corrected chi connectivity index (χ3v) is 9.68. The van der Waals surface area contributed by atoms with Crippen molar-refractivity contribution >= 4 is 55.8 Å². The fourth-order valence-corrected chi connectivity index (χ4v) is 7.27. The van der Waals surface area contributed by atoms with Crippen molar-refractivity contribution in [2.24, 2.45) is 0 Å². The molecule has 0 radical (unpaired) electrons.